The molecule has 0 saturated heterocycles. The highest BCUT2D eigenvalue weighted by atomic mass is 79.9. The van der Waals surface area contributed by atoms with Crippen LogP contribution in [0.15, 0.2) is 58.1 Å². The van der Waals surface area contributed by atoms with Gasteiger partial charge in [0.15, 0.2) is 0 Å². The van der Waals surface area contributed by atoms with Gasteiger partial charge in [-0.3, -0.25) is 14.2 Å². The van der Waals surface area contributed by atoms with Gasteiger partial charge in [0.25, 0.3) is 5.56 Å². The summed E-state index contributed by atoms with van der Waals surface area (Å²) in [6.45, 7) is 1.52. The monoisotopic (exact) mass is 431 g/mol. The first-order valence-corrected chi connectivity index (χ1v) is 9.05. The number of anilines is 1. The van der Waals surface area contributed by atoms with Crippen LogP contribution >= 0.6 is 15.9 Å². The van der Waals surface area contributed by atoms with E-state index >= 15 is 0 Å². The maximum atomic E-state index is 12.5. The van der Waals surface area contributed by atoms with Crippen LogP contribution in [0.3, 0.4) is 0 Å². The molecule has 1 heterocycles. The number of benzene rings is 2. The van der Waals surface area contributed by atoms with Crippen LogP contribution in [0, 0.1) is 0 Å². The van der Waals surface area contributed by atoms with E-state index in [0.29, 0.717) is 22.3 Å². The van der Waals surface area contributed by atoms with E-state index in [0.717, 1.165) is 4.47 Å². The molecule has 0 bridgehead atoms. The molecule has 2 aromatic carbocycles. The number of hydrogen-bond donors (Lipinski definition) is 2. The Kier molecular flexibility index (Phi) is 5.88. The summed E-state index contributed by atoms with van der Waals surface area (Å²) < 4.78 is 7.69. The van der Waals surface area contributed by atoms with Crippen molar-refractivity contribution in [3.63, 3.8) is 0 Å². The van der Waals surface area contributed by atoms with Crippen LogP contribution < -0.4 is 15.6 Å². The molecule has 0 fully saturated rings. The number of carbonyl (C=O) groups excluding carboxylic acids is 1. The summed E-state index contributed by atoms with van der Waals surface area (Å²) in [6.07, 6.45) is 0.536. The summed E-state index contributed by atoms with van der Waals surface area (Å²) in [4.78, 5) is 27.8. The quantitative estimate of drug-likeness (QED) is 0.625. The van der Waals surface area contributed by atoms with E-state index < -0.39 is 6.10 Å². The average Bonchev–Trinajstić information content (AvgIpc) is 2.63. The minimum Gasteiger partial charge on any atom is -0.491 e. The number of aliphatic hydroxyl groups excluding tert-OH is 1. The smallest absolute Gasteiger partial charge is 0.261 e. The Balaban J connectivity index is 1.63. The second-order valence-corrected chi connectivity index (χ2v) is 6.95. The number of nitrogens with one attached hydrogen (secondary N) is 1. The van der Waals surface area contributed by atoms with Crippen LogP contribution in [-0.2, 0) is 11.3 Å². The van der Waals surface area contributed by atoms with Gasteiger partial charge >= 0.3 is 0 Å². The van der Waals surface area contributed by atoms with E-state index in [9.17, 15) is 14.7 Å². The fourth-order valence-corrected chi connectivity index (χ4v) is 2.93. The highest BCUT2D eigenvalue weighted by molar-refractivity contribution is 9.10. The summed E-state index contributed by atoms with van der Waals surface area (Å²) in [5.41, 5.74) is 1.04. The Hall–Kier alpha value is -2.71. The molecule has 8 heteroatoms. The molecule has 1 aromatic heterocycles. The van der Waals surface area contributed by atoms with Crippen LogP contribution in [0.5, 0.6) is 5.75 Å². The van der Waals surface area contributed by atoms with Crippen molar-refractivity contribution in [3.05, 3.63) is 63.6 Å². The zero-order chi connectivity index (χ0) is 19.4. The Morgan fingerprint density at radius 3 is 2.74 bits per heavy atom. The predicted molar refractivity (Wildman–Crippen MR) is 106 cm³/mol. The molecular weight excluding hydrogens is 414 g/mol. The summed E-state index contributed by atoms with van der Waals surface area (Å²) in [5, 5.41) is 13.4. The van der Waals surface area contributed by atoms with Crippen molar-refractivity contribution in [1.82, 2.24) is 9.55 Å². The van der Waals surface area contributed by atoms with Crippen molar-refractivity contribution in [2.24, 2.45) is 0 Å². The molecular formula is C19H18BrN3O4. The number of ether oxygens (including phenoxy) is 1. The number of fused-ring (bicyclic) bond motifs is 1. The van der Waals surface area contributed by atoms with Gasteiger partial charge in [0.1, 0.15) is 18.5 Å². The Morgan fingerprint density at radius 2 is 2.04 bits per heavy atom. The minimum absolute atomic E-state index is 0.0163. The highest BCUT2D eigenvalue weighted by Gasteiger charge is 2.11. The molecule has 0 aliphatic heterocycles. The van der Waals surface area contributed by atoms with Crippen molar-refractivity contribution in [2.45, 2.75) is 19.6 Å². The average molecular weight is 432 g/mol. The van der Waals surface area contributed by atoms with Gasteiger partial charge in [-0.05, 0) is 42.5 Å². The van der Waals surface area contributed by atoms with Gasteiger partial charge in [-0.15, -0.1) is 0 Å². The molecule has 0 radical (unpaired) electrons. The second kappa shape index (κ2) is 8.32. The summed E-state index contributed by atoms with van der Waals surface area (Å²) >= 11 is 3.34. The Bertz CT molecular complexity index is 1020. The fraction of sp³-hybridized carbons (Fsp3) is 0.211. The third-order valence-corrected chi connectivity index (χ3v) is 4.30. The van der Waals surface area contributed by atoms with Crippen molar-refractivity contribution in [2.75, 3.05) is 11.9 Å². The molecule has 0 aliphatic carbocycles. The number of aromatic nitrogens is 2. The van der Waals surface area contributed by atoms with Crippen LogP contribution in [0.25, 0.3) is 10.9 Å². The van der Waals surface area contributed by atoms with Gasteiger partial charge in [-0.25, -0.2) is 4.98 Å². The van der Waals surface area contributed by atoms with E-state index in [-0.39, 0.29) is 24.6 Å². The molecule has 0 spiro atoms. The molecule has 1 atom stereocenters. The van der Waals surface area contributed by atoms with E-state index in [4.69, 9.17) is 4.74 Å². The molecule has 1 unspecified atom stereocenters. The van der Waals surface area contributed by atoms with Crippen LogP contribution in [-0.4, -0.2) is 33.3 Å². The number of aliphatic hydroxyl groups is 1. The number of rotatable bonds is 6. The van der Waals surface area contributed by atoms with Crippen molar-refractivity contribution in [1.29, 1.82) is 0 Å². The molecule has 0 saturated carbocycles. The first-order valence-electron chi connectivity index (χ1n) is 8.25. The molecule has 27 heavy (non-hydrogen) atoms. The molecule has 7 nitrogen and oxygen atoms in total. The van der Waals surface area contributed by atoms with Gasteiger partial charge in [0.05, 0.1) is 23.8 Å². The molecule has 3 rings (SSSR count). The number of nitrogens with zero attached hydrogens (tertiary/aromatic N) is 2. The largest absolute Gasteiger partial charge is 0.491 e. The van der Waals surface area contributed by atoms with E-state index in [2.05, 4.69) is 26.2 Å². The maximum Gasteiger partial charge on any atom is 0.261 e. The third kappa shape index (κ3) is 4.93. The Morgan fingerprint density at radius 1 is 1.30 bits per heavy atom. The number of amides is 1. The zero-order valence-electron chi connectivity index (χ0n) is 14.6. The van der Waals surface area contributed by atoms with Crippen molar-refractivity contribution >= 4 is 38.4 Å². The first-order chi connectivity index (χ1) is 12.9. The number of hydrogen-bond acceptors (Lipinski definition) is 5. The van der Waals surface area contributed by atoms with Gasteiger partial charge in [-0.2, -0.15) is 0 Å². The van der Waals surface area contributed by atoms with Gasteiger partial charge in [-0.1, -0.05) is 15.9 Å². The predicted octanol–water partition coefficient (Wildman–Crippen LogP) is 2.56. The maximum absolute atomic E-state index is 12.5. The zero-order valence-corrected chi connectivity index (χ0v) is 16.1. The molecule has 0 aliphatic rings. The molecule has 140 valence electrons. The SMILES string of the molecule is CC(=O)Nc1ccc(OCC(O)Cn2cnc3ccc(Br)cc3c2=O)cc1. The van der Waals surface area contributed by atoms with E-state index in [1.54, 1.807) is 36.4 Å². The summed E-state index contributed by atoms with van der Waals surface area (Å²) in [5.74, 6) is 0.400. The Labute approximate surface area is 163 Å². The minimum atomic E-state index is -0.885. The standard InChI is InChI=1S/C19H18BrN3O4/c1-12(24)22-14-3-5-16(6-4-14)27-10-15(25)9-23-11-21-18-7-2-13(20)8-17(18)19(23)26/h2-8,11,15,25H,9-10H2,1H3,(H,22,24). The highest BCUT2D eigenvalue weighted by Crippen LogP contribution is 2.16. The van der Waals surface area contributed by atoms with Crippen molar-refractivity contribution < 1.29 is 14.6 Å². The second-order valence-electron chi connectivity index (χ2n) is 6.03. The summed E-state index contributed by atoms with van der Waals surface area (Å²) in [6, 6.07) is 12.1. The number of carbonyl (C=O) groups is 1. The lowest BCUT2D eigenvalue weighted by molar-refractivity contribution is -0.114. The third-order valence-electron chi connectivity index (χ3n) is 3.81. The van der Waals surface area contributed by atoms with Gasteiger partial charge in [0, 0.05) is 17.1 Å². The molecule has 3 aromatic rings. The lowest BCUT2D eigenvalue weighted by Crippen LogP contribution is -2.30. The normalized spacial score (nSPS) is 12.0. The van der Waals surface area contributed by atoms with Crippen LogP contribution in [0.1, 0.15) is 6.92 Å². The van der Waals surface area contributed by atoms with Crippen LogP contribution in [0.4, 0.5) is 5.69 Å². The molecule has 2 N–H and O–H groups in total. The van der Waals surface area contributed by atoms with E-state index in [1.165, 1.54) is 17.8 Å². The fourth-order valence-electron chi connectivity index (χ4n) is 2.57. The number of halogens is 1. The van der Waals surface area contributed by atoms with Crippen LogP contribution in [0.2, 0.25) is 0 Å². The lowest BCUT2D eigenvalue weighted by Gasteiger charge is -2.14. The van der Waals surface area contributed by atoms with Gasteiger partial charge in [0.2, 0.25) is 5.91 Å². The van der Waals surface area contributed by atoms with E-state index in [1.807, 2.05) is 6.07 Å². The first kappa shape index (κ1) is 19.1. The van der Waals surface area contributed by atoms with Crippen molar-refractivity contribution in [3.8, 4) is 5.75 Å². The topological polar surface area (TPSA) is 93.4 Å². The molecule has 1 amide bonds. The van der Waals surface area contributed by atoms with Gasteiger partial charge < -0.3 is 15.2 Å². The lowest BCUT2D eigenvalue weighted by atomic mass is 10.2. The summed E-state index contributed by atoms with van der Waals surface area (Å²) in [7, 11) is 0.